The molecule has 0 bridgehead atoms. The molecular weight excluding hydrogens is 366 g/mol. The smallest absolute Gasteiger partial charge is 0.407 e. The number of alkyl carbamates (subject to hydrolysis) is 1. The minimum Gasteiger partial charge on any atom is -0.444 e. The lowest BCUT2D eigenvalue weighted by atomic mass is 10.0. The Morgan fingerprint density at radius 3 is 1.59 bits per heavy atom. The monoisotopic (exact) mass is 415 g/mol. The summed E-state index contributed by atoms with van der Waals surface area (Å²) < 4.78 is 16.2. The number of nitrogens with one attached hydrogen (secondary N) is 1. The van der Waals surface area contributed by atoms with Crippen molar-refractivity contribution in [1.29, 1.82) is 0 Å². The molecule has 0 saturated carbocycles. The molecule has 0 aliphatic carbocycles. The van der Waals surface area contributed by atoms with Crippen LogP contribution in [0.15, 0.2) is 0 Å². The van der Waals surface area contributed by atoms with E-state index in [1.807, 2.05) is 20.8 Å². The Morgan fingerprint density at radius 1 is 0.655 bits per heavy atom. The Morgan fingerprint density at radius 2 is 1.10 bits per heavy atom. The minimum absolute atomic E-state index is 0.403. The van der Waals surface area contributed by atoms with Crippen LogP contribution in [0, 0.1) is 0 Å². The highest BCUT2D eigenvalue weighted by atomic mass is 16.6. The number of carbonyl (C=O) groups is 1. The molecule has 0 aliphatic rings. The van der Waals surface area contributed by atoms with E-state index in [4.69, 9.17) is 14.2 Å². The molecule has 0 aliphatic heterocycles. The van der Waals surface area contributed by atoms with Gasteiger partial charge in [0.05, 0.1) is 19.8 Å². The molecule has 5 nitrogen and oxygen atoms in total. The Balaban J connectivity index is 3.11. The summed E-state index contributed by atoms with van der Waals surface area (Å²) in [6.07, 6.45) is 17.4. The van der Waals surface area contributed by atoms with Gasteiger partial charge in [0.2, 0.25) is 0 Å². The normalized spacial score (nSPS) is 11.6. The standard InChI is InChI=1S/C24H49NO4/c1-5-6-7-8-9-10-11-12-13-14-15-16-17-19-27-21-22-28-20-18-25-23(26)29-24(2,3)4/h5-22H2,1-4H3,(H,25,26). The molecule has 0 aromatic carbocycles. The van der Waals surface area contributed by atoms with Crippen molar-refractivity contribution in [3.05, 3.63) is 0 Å². The van der Waals surface area contributed by atoms with Crippen LogP contribution in [-0.2, 0) is 14.2 Å². The molecule has 0 atom stereocenters. The van der Waals surface area contributed by atoms with E-state index in [-0.39, 0.29) is 0 Å². The summed E-state index contributed by atoms with van der Waals surface area (Å²) in [5.74, 6) is 0. The van der Waals surface area contributed by atoms with E-state index in [9.17, 15) is 4.79 Å². The molecule has 1 N–H and O–H groups in total. The lowest BCUT2D eigenvalue weighted by Gasteiger charge is -2.19. The Labute approximate surface area is 180 Å². The van der Waals surface area contributed by atoms with Crippen LogP contribution in [-0.4, -0.2) is 44.7 Å². The number of hydrogen-bond donors (Lipinski definition) is 1. The summed E-state index contributed by atoms with van der Waals surface area (Å²) in [5.41, 5.74) is -0.466. The van der Waals surface area contributed by atoms with Gasteiger partial charge in [-0.2, -0.15) is 0 Å². The minimum atomic E-state index is -0.466. The average molecular weight is 416 g/mol. The maximum atomic E-state index is 11.4. The molecule has 0 fully saturated rings. The van der Waals surface area contributed by atoms with Crippen molar-refractivity contribution in [2.45, 2.75) is 117 Å². The fourth-order valence-electron chi connectivity index (χ4n) is 3.08. The molecule has 0 rings (SSSR count). The van der Waals surface area contributed by atoms with Crippen LogP contribution in [0.3, 0.4) is 0 Å². The number of amides is 1. The van der Waals surface area contributed by atoms with E-state index in [1.54, 1.807) is 0 Å². The molecule has 1 amide bonds. The summed E-state index contributed by atoms with van der Waals surface area (Å²) in [4.78, 5) is 11.4. The van der Waals surface area contributed by atoms with Crippen LogP contribution in [0.25, 0.3) is 0 Å². The molecule has 0 saturated heterocycles. The van der Waals surface area contributed by atoms with Crippen molar-refractivity contribution < 1.29 is 19.0 Å². The van der Waals surface area contributed by atoms with Gasteiger partial charge in [0, 0.05) is 13.2 Å². The van der Waals surface area contributed by atoms with Gasteiger partial charge in [0.1, 0.15) is 5.60 Å². The van der Waals surface area contributed by atoms with Crippen LogP contribution in [0.4, 0.5) is 4.79 Å². The first kappa shape index (κ1) is 28.2. The predicted octanol–water partition coefficient (Wildman–Crippen LogP) is 6.64. The Kier molecular flexibility index (Phi) is 19.9. The van der Waals surface area contributed by atoms with Gasteiger partial charge >= 0.3 is 6.09 Å². The van der Waals surface area contributed by atoms with Crippen LogP contribution < -0.4 is 5.32 Å². The summed E-state index contributed by atoms with van der Waals surface area (Å²) in [7, 11) is 0. The van der Waals surface area contributed by atoms with E-state index >= 15 is 0 Å². The van der Waals surface area contributed by atoms with Crippen molar-refractivity contribution in [3.63, 3.8) is 0 Å². The van der Waals surface area contributed by atoms with Gasteiger partial charge < -0.3 is 19.5 Å². The third kappa shape index (κ3) is 25.2. The van der Waals surface area contributed by atoms with Crippen molar-refractivity contribution in [2.75, 3.05) is 33.0 Å². The first-order valence-electron chi connectivity index (χ1n) is 12.1. The first-order valence-corrected chi connectivity index (χ1v) is 12.1. The maximum Gasteiger partial charge on any atom is 0.407 e. The zero-order valence-electron chi connectivity index (χ0n) is 19.9. The predicted molar refractivity (Wildman–Crippen MR) is 122 cm³/mol. The molecule has 0 aromatic heterocycles. The van der Waals surface area contributed by atoms with Gasteiger partial charge in [-0.05, 0) is 27.2 Å². The Hall–Kier alpha value is -0.810. The van der Waals surface area contributed by atoms with E-state index in [1.165, 1.54) is 77.0 Å². The summed E-state index contributed by atoms with van der Waals surface area (Å²) in [6, 6.07) is 0. The van der Waals surface area contributed by atoms with Crippen LogP contribution in [0.2, 0.25) is 0 Å². The first-order chi connectivity index (χ1) is 14.0. The highest BCUT2D eigenvalue weighted by Crippen LogP contribution is 2.12. The second-order valence-electron chi connectivity index (χ2n) is 8.90. The number of ether oxygens (including phenoxy) is 3. The summed E-state index contributed by atoms with van der Waals surface area (Å²) in [5, 5.41) is 2.67. The molecule has 0 aromatic rings. The van der Waals surface area contributed by atoms with Gasteiger partial charge in [-0.15, -0.1) is 0 Å². The lowest BCUT2D eigenvalue weighted by Crippen LogP contribution is -2.34. The largest absolute Gasteiger partial charge is 0.444 e. The molecule has 0 spiro atoms. The van der Waals surface area contributed by atoms with Crippen molar-refractivity contribution >= 4 is 6.09 Å². The zero-order chi connectivity index (χ0) is 21.6. The van der Waals surface area contributed by atoms with Gasteiger partial charge in [-0.3, -0.25) is 0 Å². The summed E-state index contributed by atoms with van der Waals surface area (Å²) in [6.45, 7) is 10.7. The molecule has 5 heteroatoms. The fourth-order valence-corrected chi connectivity index (χ4v) is 3.08. The fraction of sp³-hybridized carbons (Fsp3) is 0.958. The molecule has 29 heavy (non-hydrogen) atoms. The van der Waals surface area contributed by atoms with Crippen molar-refractivity contribution in [1.82, 2.24) is 5.32 Å². The van der Waals surface area contributed by atoms with E-state index in [2.05, 4.69) is 12.2 Å². The van der Waals surface area contributed by atoms with Crippen molar-refractivity contribution in [2.24, 2.45) is 0 Å². The second-order valence-corrected chi connectivity index (χ2v) is 8.90. The van der Waals surface area contributed by atoms with Gasteiger partial charge in [-0.25, -0.2) is 4.79 Å². The number of rotatable bonds is 20. The molecule has 0 heterocycles. The Bertz CT molecular complexity index is 355. The van der Waals surface area contributed by atoms with Crippen LogP contribution in [0.5, 0.6) is 0 Å². The van der Waals surface area contributed by atoms with E-state index in [0.717, 1.165) is 13.0 Å². The molecule has 0 unspecified atom stereocenters. The SMILES string of the molecule is CCCCCCCCCCCCCCCOCCOCCNC(=O)OC(C)(C)C. The van der Waals surface area contributed by atoms with E-state index < -0.39 is 11.7 Å². The van der Waals surface area contributed by atoms with Crippen LogP contribution in [0.1, 0.15) is 111 Å². The third-order valence-corrected chi connectivity index (χ3v) is 4.68. The number of unbranched alkanes of at least 4 members (excludes halogenated alkanes) is 12. The van der Waals surface area contributed by atoms with E-state index in [0.29, 0.717) is 26.4 Å². The quantitative estimate of drug-likeness (QED) is 0.227. The molecule has 0 radical (unpaired) electrons. The van der Waals surface area contributed by atoms with Gasteiger partial charge in [-0.1, -0.05) is 84.0 Å². The van der Waals surface area contributed by atoms with Gasteiger partial charge in [0.15, 0.2) is 0 Å². The number of carbonyl (C=O) groups excluding carboxylic acids is 1. The highest BCUT2D eigenvalue weighted by Gasteiger charge is 2.15. The topological polar surface area (TPSA) is 56.8 Å². The number of hydrogen-bond acceptors (Lipinski definition) is 4. The molecule has 174 valence electrons. The zero-order valence-corrected chi connectivity index (χ0v) is 19.9. The van der Waals surface area contributed by atoms with Crippen molar-refractivity contribution in [3.8, 4) is 0 Å². The molecular formula is C24H49NO4. The maximum absolute atomic E-state index is 11.4. The average Bonchev–Trinajstić information content (AvgIpc) is 2.65. The van der Waals surface area contributed by atoms with Crippen LogP contribution >= 0.6 is 0 Å². The lowest BCUT2D eigenvalue weighted by molar-refractivity contribution is 0.0390. The van der Waals surface area contributed by atoms with Gasteiger partial charge in [0.25, 0.3) is 0 Å². The summed E-state index contributed by atoms with van der Waals surface area (Å²) >= 11 is 0. The third-order valence-electron chi connectivity index (χ3n) is 4.68. The second kappa shape index (κ2) is 20.5. The highest BCUT2D eigenvalue weighted by molar-refractivity contribution is 5.67.